The van der Waals surface area contributed by atoms with Gasteiger partial charge in [0.2, 0.25) is 5.88 Å². The van der Waals surface area contributed by atoms with Crippen LogP contribution in [0.25, 0.3) is 5.57 Å². The van der Waals surface area contributed by atoms with E-state index < -0.39 is 11.8 Å². The van der Waals surface area contributed by atoms with Gasteiger partial charge in [0.15, 0.2) is 3.95 Å². The summed E-state index contributed by atoms with van der Waals surface area (Å²) in [4.78, 5) is 29.3. The maximum atomic E-state index is 12.6. The zero-order chi connectivity index (χ0) is 20.0. The van der Waals surface area contributed by atoms with Gasteiger partial charge in [-0.3, -0.25) is 15.0 Å². The molecule has 0 bridgehead atoms. The smallest absolute Gasteiger partial charge is 0.279 e. The molecule has 3 aromatic rings. The Morgan fingerprint density at radius 3 is 2.71 bits per heavy atom. The zero-order valence-electron chi connectivity index (χ0n) is 13.8. The van der Waals surface area contributed by atoms with Gasteiger partial charge in [-0.2, -0.15) is 4.68 Å². The first-order chi connectivity index (χ1) is 13.4. The molecular formula is C18H9Br2N3O3S2. The summed E-state index contributed by atoms with van der Waals surface area (Å²) in [5.41, 5.74) is 3.20. The number of halogens is 2. The number of thiazole rings is 1. The molecule has 2 aromatic carbocycles. The predicted molar refractivity (Wildman–Crippen MR) is 115 cm³/mol. The van der Waals surface area contributed by atoms with Crippen LogP contribution < -0.4 is 16.0 Å². The first-order valence-electron chi connectivity index (χ1n) is 7.81. The summed E-state index contributed by atoms with van der Waals surface area (Å²) >= 11 is 13.0. The van der Waals surface area contributed by atoms with Gasteiger partial charge in [0.25, 0.3) is 11.8 Å². The van der Waals surface area contributed by atoms with Crippen molar-refractivity contribution < 1.29 is 14.7 Å². The minimum atomic E-state index is -0.469. The van der Waals surface area contributed by atoms with E-state index in [1.165, 1.54) is 0 Å². The molecule has 0 atom stereocenters. The molecule has 0 spiro atoms. The largest absolute Gasteiger partial charge is 0.492 e. The predicted octanol–water partition coefficient (Wildman–Crippen LogP) is 3.25. The molecule has 28 heavy (non-hydrogen) atoms. The van der Waals surface area contributed by atoms with Crippen LogP contribution in [-0.2, 0) is 4.79 Å². The fraction of sp³-hybridized carbons (Fsp3) is 0. The Morgan fingerprint density at radius 1 is 1.21 bits per heavy atom. The van der Waals surface area contributed by atoms with Crippen molar-refractivity contribution in [2.24, 2.45) is 4.99 Å². The number of carbonyl (C=O) groups excluding carboxylic acids is 2. The van der Waals surface area contributed by atoms with Crippen LogP contribution in [0.5, 0.6) is 5.88 Å². The Morgan fingerprint density at radius 2 is 1.96 bits per heavy atom. The highest BCUT2D eigenvalue weighted by Gasteiger charge is 2.26. The second-order valence-corrected chi connectivity index (χ2v) is 9.14. The summed E-state index contributed by atoms with van der Waals surface area (Å²) in [5, 5.41) is 11.8. The lowest BCUT2D eigenvalue weighted by atomic mass is 10.1. The SMILES string of the molecule is O=C1N=c2ccc(Br)cc2=C1c1sc(=S)n(NC(=O)c2ccccc2Br)c1O. The molecule has 10 heteroatoms. The summed E-state index contributed by atoms with van der Waals surface area (Å²) in [6.45, 7) is 0. The van der Waals surface area contributed by atoms with Crippen LogP contribution >= 0.6 is 55.4 Å². The maximum Gasteiger partial charge on any atom is 0.279 e. The van der Waals surface area contributed by atoms with Crippen LogP contribution in [-0.4, -0.2) is 21.6 Å². The van der Waals surface area contributed by atoms with E-state index in [9.17, 15) is 14.7 Å². The van der Waals surface area contributed by atoms with E-state index in [1.807, 2.05) is 0 Å². The third kappa shape index (κ3) is 3.26. The molecule has 4 rings (SSSR count). The van der Waals surface area contributed by atoms with Gasteiger partial charge in [0.1, 0.15) is 4.88 Å². The Balaban J connectivity index is 1.82. The number of rotatable bonds is 3. The van der Waals surface area contributed by atoms with E-state index in [1.54, 1.807) is 42.5 Å². The number of hydrogen-bond acceptors (Lipinski definition) is 5. The summed E-state index contributed by atoms with van der Waals surface area (Å²) in [6, 6.07) is 12.1. The summed E-state index contributed by atoms with van der Waals surface area (Å²) < 4.78 is 2.66. The second kappa shape index (κ2) is 7.36. The molecule has 0 aliphatic carbocycles. The minimum absolute atomic E-state index is 0.191. The summed E-state index contributed by atoms with van der Waals surface area (Å²) in [5.74, 6) is -1.25. The number of hydrogen-bond donors (Lipinski definition) is 2. The topological polar surface area (TPSA) is 83.7 Å². The third-order valence-electron chi connectivity index (χ3n) is 4.01. The molecule has 140 valence electrons. The highest BCUT2D eigenvalue weighted by Crippen LogP contribution is 2.32. The molecule has 0 unspecified atom stereocenters. The van der Waals surface area contributed by atoms with E-state index in [0.29, 0.717) is 20.6 Å². The van der Waals surface area contributed by atoms with Crippen molar-refractivity contribution in [3.63, 3.8) is 0 Å². The van der Waals surface area contributed by atoms with Gasteiger partial charge in [-0.05, 0) is 58.5 Å². The Hall–Kier alpha value is -2.14. The molecular weight excluding hydrogens is 530 g/mol. The molecule has 2 heterocycles. The molecule has 0 radical (unpaired) electrons. The van der Waals surface area contributed by atoms with Crippen LogP contribution in [0.1, 0.15) is 15.2 Å². The van der Waals surface area contributed by atoms with Crippen molar-refractivity contribution in [3.8, 4) is 5.88 Å². The lowest BCUT2D eigenvalue weighted by Crippen LogP contribution is -2.24. The number of nitrogens with zero attached hydrogens (tertiary/aromatic N) is 2. The van der Waals surface area contributed by atoms with Crippen molar-refractivity contribution >= 4 is 72.8 Å². The van der Waals surface area contributed by atoms with E-state index in [-0.39, 0.29) is 20.3 Å². The average Bonchev–Trinajstić information content (AvgIpc) is 3.11. The van der Waals surface area contributed by atoms with Gasteiger partial charge in [-0.25, -0.2) is 4.99 Å². The maximum absolute atomic E-state index is 12.6. The number of aromatic nitrogens is 1. The Kier molecular flexibility index (Phi) is 5.04. The minimum Gasteiger partial charge on any atom is -0.492 e. The van der Waals surface area contributed by atoms with Crippen molar-refractivity contribution in [3.05, 3.63) is 76.4 Å². The number of fused-ring (bicyclic) bond motifs is 1. The van der Waals surface area contributed by atoms with Gasteiger partial charge >= 0.3 is 0 Å². The number of nitrogens with one attached hydrogen (secondary N) is 1. The molecule has 1 aliphatic heterocycles. The molecule has 0 saturated heterocycles. The zero-order valence-corrected chi connectivity index (χ0v) is 18.6. The molecule has 6 nitrogen and oxygen atoms in total. The number of aromatic hydroxyl groups is 1. The van der Waals surface area contributed by atoms with Crippen LogP contribution in [0.15, 0.2) is 56.4 Å². The Bertz CT molecular complexity index is 1340. The molecule has 0 saturated carbocycles. The average molecular weight is 539 g/mol. The van der Waals surface area contributed by atoms with E-state index in [0.717, 1.165) is 20.5 Å². The number of benzene rings is 2. The first-order valence-corrected chi connectivity index (χ1v) is 10.6. The lowest BCUT2D eigenvalue weighted by Gasteiger charge is -2.09. The molecule has 2 amide bonds. The van der Waals surface area contributed by atoms with Gasteiger partial charge < -0.3 is 5.11 Å². The highest BCUT2D eigenvalue weighted by atomic mass is 79.9. The molecule has 2 N–H and O–H groups in total. The van der Waals surface area contributed by atoms with Crippen molar-refractivity contribution in [1.82, 2.24) is 4.68 Å². The van der Waals surface area contributed by atoms with Gasteiger partial charge in [-0.1, -0.05) is 39.4 Å². The quantitative estimate of drug-likeness (QED) is 0.501. The normalized spacial score (nSPS) is 12.6. The highest BCUT2D eigenvalue weighted by molar-refractivity contribution is 9.10. The fourth-order valence-electron chi connectivity index (χ4n) is 2.74. The third-order valence-corrected chi connectivity index (χ3v) is 6.57. The van der Waals surface area contributed by atoms with Crippen LogP contribution in [0, 0.1) is 3.95 Å². The van der Waals surface area contributed by atoms with Crippen molar-refractivity contribution in [2.75, 3.05) is 5.43 Å². The van der Waals surface area contributed by atoms with Gasteiger partial charge in [0, 0.05) is 14.2 Å². The van der Waals surface area contributed by atoms with Crippen LogP contribution in [0.2, 0.25) is 0 Å². The van der Waals surface area contributed by atoms with Gasteiger partial charge in [-0.15, -0.1) is 0 Å². The van der Waals surface area contributed by atoms with Gasteiger partial charge in [0.05, 0.1) is 16.5 Å². The van der Waals surface area contributed by atoms with Crippen molar-refractivity contribution in [2.45, 2.75) is 0 Å². The first kappa shape index (κ1) is 19.2. The van der Waals surface area contributed by atoms with E-state index in [2.05, 4.69) is 42.3 Å². The van der Waals surface area contributed by atoms with Crippen LogP contribution in [0.3, 0.4) is 0 Å². The monoisotopic (exact) mass is 537 g/mol. The molecule has 0 fully saturated rings. The Labute approximate surface area is 184 Å². The second-order valence-electron chi connectivity index (χ2n) is 5.73. The van der Waals surface area contributed by atoms with E-state index >= 15 is 0 Å². The molecule has 1 aliphatic rings. The standard InChI is InChI=1S/C18H9Br2N3O3S2/c19-8-5-6-12-10(7-8)13(16(25)21-12)14-17(26)23(18(27)28-14)22-15(24)9-3-1-2-4-11(9)20/h1-7,26H,(H,22,24). The summed E-state index contributed by atoms with van der Waals surface area (Å²) in [6.07, 6.45) is 0. The number of carbonyl (C=O) groups is 2. The van der Waals surface area contributed by atoms with Crippen molar-refractivity contribution in [1.29, 1.82) is 0 Å². The molecule has 1 aromatic heterocycles. The summed E-state index contributed by atoms with van der Waals surface area (Å²) in [7, 11) is 0. The fourth-order valence-corrected chi connectivity index (χ4v) is 4.83. The van der Waals surface area contributed by atoms with Crippen LogP contribution in [0.4, 0.5) is 0 Å². The lowest BCUT2D eigenvalue weighted by molar-refractivity contribution is -0.112. The number of amides is 2. The van der Waals surface area contributed by atoms with E-state index in [4.69, 9.17) is 12.2 Å².